The first-order valence-corrected chi connectivity index (χ1v) is 7.81. The monoisotopic (exact) mass is 288 g/mol. The van der Waals surface area contributed by atoms with E-state index in [4.69, 9.17) is 0 Å². The highest BCUT2D eigenvalue weighted by molar-refractivity contribution is 5.49. The van der Waals surface area contributed by atoms with Crippen molar-refractivity contribution >= 4 is 6.41 Å². The zero-order valence-corrected chi connectivity index (χ0v) is 13.9. The van der Waals surface area contributed by atoms with Gasteiger partial charge in [-0.25, -0.2) is 0 Å². The van der Waals surface area contributed by atoms with Gasteiger partial charge in [0, 0.05) is 17.1 Å². The lowest BCUT2D eigenvalue weighted by Gasteiger charge is -2.50. The molecule has 0 bridgehead atoms. The van der Waals surface area contributed by atoms with E-state index in [1.54, 1.807) is 0 Å². The Bertz CT molecular complexity index is 465. The van der Waals surface area contributed by atoms with Crippen molar-refractivity contribution < 1.29 is 4.79 Å². The summed E-state index contributed by atoms with van der Waals surface area (Å²) in [7, 11) is 0. The summed E-state index contributed by atoms with van der Waals surface area (Å²) >= 11 is 0. The van der Waals surface area contributed by atoms with Gasteiger partial charge in [-0.05, 0) is 53.0 Å². The van der Waals surface area contributed by atoms with Gasteiger partial charge < -0.3 is 10.2 Å². The lowest BCUT2D eigenvalue weighted by Crippen LogP contribution is -2.62. The Labute approximate surface area is 128 Å². The van der Waals surface area contributed by atoms with Gasteiger partial charge in [0.15, 0.2) is 0 Å². The number of nitrogens with one attached hydrogen (secondary N) is 1. The van der Waals surface area contributed by atoms with E-state index < -0.39 is 0 Å². The number of hydrogen-bond acceptors (Lipinski definition) is 2. The van der Waals surface area contributed by atoms with Crippen molar-refractivity contribution in [1.82, 2.24) is 10.2 Å². The van der Waals surface area contributed by atoms with Crippen LogP contribution in [-0.4, -0.2) is 28.4 Å². The molecule has 3 heteroatoms. The minimum Gasteiger partial charge on any atom is -0.335 e. The molecule has 1 unspecified atom stereocenters. The van der Waals surface area contributed by atoms with Crippen LogP contribution in [0.5, 0.6) is 0 Å². The first kappa shape index (κ1) is 16.0. The summed E-state index contributed by atoms with van der Waals surface area (Å²) in [5.74, 6) is 0. The molecule has 1 N–H and O–H groups in total. The summed E-state index contributed by atoms with van der Waals surface area (Å²) < 4.78 is 0. The van der Waals surface area contributed by atoms with Gasteiger partial charge in [-0.3, -0.25) is 4.79 Å². The summed E-state index contributed by atoms with van der Waals surface area (Å²) in [4.78, 5) is 13.7. The van der Waals surface area contributed by atoms with Crippen LogP contribution in [0.15, 0.2) is 30.3 Å². The lowest BCUT2D eigenvalue weighted by molar-refractivity contribution is -0.124. The van der Waals surface area contributed by atoms with Crippen molar-refractivity contribution in [3.05, 3.63) is 35.9 Å². The van der Waals surface area contributed by atoms with Gasteiger partial charge in [0.25, 0.3) is 0 Å². The molecule has 1 atom stereocenters. The molecule has 0 aromatic heterocycles. The summed E-state index contributed by atoms with van der Waals surface area (Å²) in [6.45, 7) is 11.0. The lowest BCUT2D eigenvalue weighted by atomic mass is 9.78. The molecule has 1 aliphatic rings. The van der Waals surface area contributed by atoms with Gasteiger partial charge in [0.1, 0.15) is 0 Å². The molecule has 0 saturated carbocycles. The SMILES string of the molecule is CC(c1ccccc1)N(C=O)C1CC(C)(C)NC(C)(C)C1. The third-order valence-electron chi connectivity index (χ3n) is 4.44. The van der Waals surface area contributed by atoms with Gasteiger partial charge in [-0.1, -0.05) is 30.3 Å². The van der Waals surface area contributed by atoms with Gasteiger partial charge in [-0.15, -0.1) is 0 Å². The van der Waals surface area contributed by atoms with E-state index in [0.717, 1.165) is 19.3 Å². The Kier molecular flexibility index (Phi) is 4.43. The predicted octanol–water partition coefficient (Wildman–Crippen LogP) is 3.52. The first-order chi connectivity index (χ1) is 9.74. The van der Waals surface area contributed by atoms with E-state index in [-0.39, 0.29) is 23.2 Å². The zero-order chi connectivity index (χ0) is 15.7. The highest BCUT2D eigenvalue weighted by Crippen LogP contribution is 2.34. The van der Waals surface area contributed by atoms with Crippen LogP contribution in [0.25, 0.3) is 0 Å². The third-order valence-corrected chi connectivity index (χ3v) is 4.44. The van der Waals surface area contributed by atoms with Crippen LogP contribution in [0.3, 0.4) is 0 Å². The molecule has 1 saturated heterocycles. The molecule has 1 heterocycles. The van der Waals surface area contributed by atoms with Crippen LogP contribution >= 0.6 is 0 Å². The van der Waals surface area contributed by atoms with Crippen LogP contribution in [0.1, 0.15) is 59.1 Å². The number of carbonyl (C=O) groups is 1. The fourth-order valence-electron chi connectivity index (χ4n) is 3.88. The number of benzene rings is 1. The average Bonchev–Trinajstić information content (AvgIpc) is 2.37. The van der Waals surface area contributed by atoms with Crippen molar-refractivity contribution in [3.63, 3.8) is 0 Å². The number of piperidine rings is 1. The quantitative estimate of drug-likeness (QED) is 0.860. The molecular weight excluding hydrogens is 260 g/mol. The standard InChI is InChI=1S/C18H28N2O/c1-14(15-9-7-6-8-10-15)20(13-21)16-11-17(2,3)19-18(4,5)12-16/h6-10,13-14,16,19H,11-12H2,1-5H3. The average molecular weight is 288 g/mol. The van der Waals surface area contributed by atoms with Gasteiger partial charge >= 0.3 is 0 Å². The summed E-state index contributed by atoms with van der Waals surface area (Å²) in [5.41, 5.74) is 1.28. The van der Waals surface area contributed by atoms with Crippen LogP contribution < -0.4 is 5.32 Å². The number of rotatable bonds is 4. The second kappa shape index (κ2) is 5.80. The minimum atomic E-state index is 0.0457. The Balaban J connectivity index is 2.22. The second-order valence-corrected chi connectivity index (χ2v) is 7.59. The van der Waals surface area contributed by atoms with Crippen LogP contribution in [0.2, 0.25) is 0 Å². The van der Waals surface area contributed by atoms with Crippen molar-refractivity contribution in [3.8, 4) is 0 Å². The topological polar surface area (TPSA) is 32.3 Å². The molecule has 0 aliphatic carbocycles. The Morgan fingerprint density at radius 3 is 2.14 bits per heavy atom. The molecule has 1 aliphatic heterocycles. The van der Waals surface area contributed by atoms with E-state index >= 15 is 0 Å². The van der Waals surface area contributed by atoms with Crippen molar-refractivity contribution in [2.75, 3.05) is 0 Å². The predicted molar refractivity (Wildman–Crippen MR) is 87.1 cm³/mol. The number of amides is 1. The van der Waals surface area contributed by atoms with Gasteiger partial charge in [0.2, 0.25) is 6.41 Å². The molecular formula is C18H28N2O. The minimum absolute atomic E-state index is 0.0457. The molecule has 3 nitrogen and oxygen atoms in total. The number of nitrogens with zero attached hydrogens (tertiary/aromatic N) is 1. The van der Waals surface area contributed by atoms with E-state index in [1.807, 2.05) is 23.1 Å². The highest BCUT2D eigenvalue weighted by atomic mass is 16.1. The summed E-state index contributed by atoms with van der Waals surface area (Å²) in [5, 5.41) is 3.68. The fourth-order valence-corrected chi connectivity index (χ4v) is 3.88. The number of carbonyl (C=O) groups excluding carboxylic acids is 1. The maximum absolute atomic E-state index is 11.7. The van der Waals surface area contributed by atoms with Gasteiger partial charge in [0.05, 0.1) is 6.04 Å². The second-order valence-electron chi connectivity index (χ2n) is 7.59. The Hall–Kier alpha value is -1.35. The molecule has 1 aromatic rings. The molecule has 116 valence electrons. The molecule has 21 heavy (non-hydrogen) atoms. The molecule has 1 aromatic carbocycles. The Morgan fingerprint density at radius 1 is 1.14 bits per heavy atom. The largest absolute Gasteiger partial charge is 0.335 e. The van der Waals surface area contributed by atoms with Gasteiger partial charge in [-0.2, -0.15) is 0 Å². The Morgan fingerprint density at radius 2 is 1.67 bits per heavy atom. The highest BCUT2D eigenvalue weighted by Gasteiger charge is 2.40. The van der Waals surface area contributed by atoms with E-state index in [1.165, 1.54) is 5.56 Å². The third kappa shape index (κ3) is 3.85. The van der Waals surface area contributed by atoms with Crippen LogP contribution in [-0.2, 0) is 4.79 Å². The molecule has 2 rings (SSSR count). The van der Waals surface area contributed by atoms with Crippen molar-refractivity contribution in [2.45, 2.75) is 70.6 Å². The fraction of sp³-hybridized carbons (Fsp3) is 0.611. The summed E-state index contributed by atoms with van der Waals surface area (Å²) in [6.07, 6.45) is 2.98. The molecule has 1 amide bonds. The van der Waals surface area contributed by atoms with Crippen molar-refractivity contribution in [2.24, 2.45) is 0 Å². The molecule has 0 spiro atoms. The van der Waals surface area contributed by atoms with Crippen LogP contribution in [0, 0.1) is 0 Å². The van der Waals surface area contributed by atoms with Crippen LogP contribution in [0.4, 0.5) is 0 Å². The normalized spacial score (nSPS) is 22.5. The maximum atomic E-state index is 11.7. The van der Waals surface area contributed by atoms with E-state index in [0.29, 0.717) is 0 Å². The van der Waals surface area contributed by atoms with E-state index in [2.05, 4.69) is 52.1 Å². The maximum Gasteiger partial charge on any atom is 0.210 e. The summed E-state index contributed by atoms with van der Waals surface area (Å²) in [6, 6.07) is 10.6. The molecule has 1 fully saturated rings. The first-order valence-electron chi connectivity index (χ1n) is 7.81. The molecule has 0 radical (unpaired) electrons. The smallest absolute Gasteiger partial charge is 0.210 e. The number of hydrogen-bond donors (Lipinski definition) is 1. The van der Waals surface area contributed by atoms with Crippen molar-refractivity contribution in [1.29, 1.82) is 0 Å². The van der Waals surface area contributed by atoms with E-state index in [9.17, 15) is 4.79 Å². The zero-order valence-electron chi connectivity index (χ0n) is 13.9.